The zero-order valence-corrected chi connectivity index (χ0v) is 13.5. The molecule has 2 aromatic carbocycles. The maximum atomic E-state index is 12.6. The zero-order valence-electron chi connectivity index (χ0n) is 13.5. The summed E-state index contributed by atoms with van der Waals surface area (Å²) in [5.74, 6) is 0.441. The summed E-state index contributed by atoms with van der Waals surface area (Å²) in [4.78, 5) is 12.6. The predicted molar refractivity (Wildman–Crippen MR) is 88.5 cm³/mol. The first-order valence-electron chi connectivity index (χ1n) is 7.79. The van der Waals surface area contributed by atoms with Crippen LogP contribution >= 0.6 is 0 Å². The Morgan fingerprint density at radius 1 is 1.04 bits per heavy atom. The number of rotatable bonds is 7. The fraction of sp³-hybridized carbons (Fsp3) is 0.316. The number of hydrogen-bond donors (Lipinski definition) is 1. The molecular formula is C19H22O4. The molecule has 0 aromatic heterocycles. The van der Waals surface area contributed by atoms with E-state index in [1.165, 1.54) is 0 Å². The molecule has 0 bridgehead atoms. The van der Waals surface area contributed by atoms with E-state index in [9.17, 15) is 9.90 Å². The van der Waals surface area contributed by atoms with Gasteiger partial charge in [0.2, 0.25) is 5.60 Å². The van der Waals surface area contributed by atoms with Crippen LogP contribution in [0.1, 0.15) is 25.8 Å². The topological polar surface area (TPSA) is 55.8 Å². The van der Waals surface area contributed by atoms with Crippen molar-refractivity contribution in [2.45, 2.75) is 32.3 Å². The third kappa shape index (κ3) is 4.25. The molecule has 0 aliphatic rings. The number of phenolic OH excluding ortho intramolecular Hbond substituents is 1. The van der Waals surface area contributed by atoms with Gasteiger partial charge in [0.05, 0.1) is 6.61 Å². The molecule has 1 N–H and O–H groups in total. The maximum Gasteiger partial charge on any atom is 0.350 e. The fourth-order valence-corrected chi connectivity index (χ4v) is 2.41. The Morgan fingerprint density at radius 3 is 2.26 bits per heavy atom. The molecule has 2 rings (SSSR count). The summed E-state index contributed by atoms with van der Waals surface area (Å²) in [5, 5.41) is 9.42. The number of carbonyl (C=O) groups excluding carboxylic acids is 1. The van der Waals surface area contributed by atoms with Crippen LogP contribution in [0.3, 0.4) is 0 Å². The van der Waals surface area contributed by atoms with Gasteiger partial charge < -0.3 is 14.6 Å². The Balaban J connectivity index is 2.32. The number of esters is 1. The molecule has 0 saturated carbocycles. The van der Waals surface area contributed by atoms with E-state index >= 15 is 0 Å². The average Bonchev–Trinajstić information content (AvgIpc) is 2.57. The molecule has 0 radical (unpaired) electrons. The van der Waals surface area contributed by atoms with Gasteiger partial charge in [0.1, 0.15) is 11.5 Å². The van der Waals surface area contributed by atoms with Gasteiger partial charge in [0.25, 0.3) is 0 Å². The Labute approximate surface area is 136 Å². The van der Waals surface area contributed by atoms with Crippen LogP contribution in [0.25, 0.3) is 0 Å². The number of aromatic hydroxyl groups is 1. The largest absolute Gasteiger partial charge is 0.508 e. The predicted octanol–water partition coefficient (Wildman–Crippen LogP) is 3.73. The van der Waals surface area contributed by atoms with Crippen molar-refractivity contribution >= 4 is 5.97 Å². The van der Waals surface area contributed by atoms with Gasteiger partial charge >= 0.3 is 5.97 Å². The minimum absolute atomic E-state index is 0.191. The number of para-hydroxylation sites is 1. The lowest BCUT2D eigenvalue weighted by Crippen LogP contribution is -2.47. The second kappa shape index (κ2) is 7.68. The quantitative estimate of drug-likeness (QED) is 0.791. The Kier molecular flexibility index (Phi) is 5.63. The van der Waals surface area contributed by atoms with Crippen LogP contribution in [0.4, 0.5) is 0 Å². The highest BCUT2D eigenvalue weighted by Crippen LogP contribution is 2.27. The Hall–Kier alpha value is -2.49. The van der Waals surface area contributed by atoms with E-state index in [2.05, 4.69) is 0 Å². The molecule has 1 atom stereocenters. The van der Waals surface area contributed by atoms with Crippen molar-refractivity contribution in [1.82, 2.24) is 0 Å². The van der Waals surface area contributed by atoms with Crippen molar-refractivity contribution in [3.05, 3.63) is 60.2 Å². The summed E-state index contributed by atoms with van der Waals surface area (Å²) in [6.45, 7) is 3.98. The maximum absolute atomic E-state index is 12.6. The first-order chi connectivity index (χ1) is 11.1. The van der Waals surface area contributed by atoms with E-state index < -0.39 is 5.60 Å². The summed E-state index contributed by atoms with van der Waals surface area (Å²) in [7, 11) is 0. The third-order valence-corrected chi connectivity index (χ3v) is 3.70. The van der Waals surface area contributed by atoms with Crippen molar-refractivity contribution in [2.24, 2.45) is 0 Å². The van der Waals surface area contributed by atoms with E-state index in [1.54, 1.807) is 31.2 Å². The highest BCUT2D eigenvalue weighted by atomic mass is 16.6. The molecule has 0 fully saturated rings. The molecule has 0 spiro atoms. The standard InChI is InChI=1S/C19H22O4/c1-3-19(18(21)22-4-2,23-17-8-6-5-7-9-17)14-15-10-12-16(20)13-11-15/h5-13,20H,3-4,14H2,1-2H3/t19-/m0/s1. The highest BCUT2D eigenvalue weighted by Gasteiger charge is 2.41. The Morgan fingerprint density at radius 2 is 1.70 bits per heavy atom. The minimum Gasteiger partial charge on any atom is -0.508 e. The van der Waals surface area contributed by atoms with Gasteiger partial charge in [-0.25, -0.2) is 4.79 Å². The first-order valence-corrected chi connectivity index (χ1v) is 7.79. The smallest absolute Gasteiger partial charge is 0.350 e. The van der Waals surface area contributed by atoms with Crippen LogP contribution in [-0.4, -0.2) is 23.3 Å². The van der Waals surface area contributed by atoms with Crippen molar-refractivity contribution in [3.63, 3.8) is 0 Å². The van der Waals surface area contributed by atoms with Crippen molar-refractivity contribution in [3.8, 4) is 11.5 Å². The van der Waals surface area contributed by atoms with Gasteiger partial charge in [-0.05, 0) is 43.2 Å². The van der Waals surface area contributed by atoms with E-state index in [-0.39, 0.29) is 11.7 Å². The molecule has 0 aliphatic carbocycles. The molecule has 122 valence electrons. The van der Waals surface area contributed by atoms with Crippen LogP contribution in [0.15, 0.2) is 54.6 Å². The zero-order chi connectivity index (χ0) is 16.7. The molecule has 4 nitrogen and oxygen atoms in total. The lowest BCUT2D eigenvalue weighted by atomic mass is 9.91. The van der Waals surface area contributed by atoms with E-state index in [0.29, 0.717) is 25.2 Å². The molecule has 23 heavy (non-hydrogen) atoms. The molecule has 0 aliphatic heterocycles. The lowest BCUT2D eigenvalue weighted by Gasteiger charge is -2.31. The van der Waals surface area contributed by atoms with E-state index in [1.807, 2.05) is 37.3 Å². The number of benzene rings is 2. The molecule has 0 heterocycles. The van der Waals surface area contributed by atoms with Gasteiger partial charge in [0, 0.05) is 6.42 Å². The molecule has 4 heteroatoms. The second-order valence-electron chi connectivity index (χ2n) is 5.33. The number of carbonyl (C=O) groups is 1. The van der Waals surface area contributed by atoms with Crippen molar-refractivity contribution in [2.75, 3.05) is 6.61 Å². The van der Waals surface area contributed by atoms with Gasteiger partial charge in [0.15, 0.2) is 0 Å². The van der Waals surface area contributed by atoms with Crippen molar-refractivity contribution in [1.29, 1.82) is 0 Å². The fourth-order valence-electron chi connectivity index (χ4n) is 2.41. The number of ether oxygens (including phenoxy) is 2. The summed E-state index contributed by atoms with van der Waals surface area (Å²) in [5.41, 5.74) is -0.192. The van der Waals surface area contributed by atoms with Crippen LogP contribution in [-0.2, 0) is 16.0 Å². The van der Waals surface area contributed by atoms with Gasteiger partial charge in [-0.1, -0.05) is 37.3 Å². The van der Waals surface area contributed by atoms with Crippen LogP contribution < -0.4 is 4.74 Å². The summed E-state index contributed by atoms with van der Waals surface area (Å²) in [6.07, 6.45) is 0.846. The van der Waals surface area contributed by atoms with E-state index in [4.69, 9.17) is 9.47 Å². The normalized spacial score (nSPS) is 13.1. The number of phenols is 1. The third-order valence-electron chi connectivity index (χ3n) is 3.70. The summed E-state index contributed by atoms with van der Waals surface area (Å²) >= 11 is 0. The van der Waals surface area contributed by atoms with E-state index in [0.717, 1.165) is 5.56 Å². The van der Waals surface area contributed by atoms with Gasteiger partial charge in [-0.15, -0.1) is 0 Å². The molecule has 0 saturated heterocycles. The number of hydrogen-bond acceptors (Lipinski definition) is 4. The van der Waals surface area contributed by atoms with Crippen LogP contribution in [0.5, 0.6) is 11.5 Å². The molecule has 2 aromatic rings. The van der Waals surface area contributed by atoms with Gasteiger partial charge in [-0.3, -0.25) is 0 Å². The molecular weight excluding hydrogens is 292 g/mol. The monoisotopic (exact) mass is 314 g/mol. The summed E-state index contributed by atoms with van der Waals surface area (Å²) < 4.78 is 11.3. The summed E-state index contributed by atoms with van der Waals surface area (Å²) in [6, 6.07) is 16.0. The minimum atomic E-state index is -1.09. The average molecular weight is 314 g/mol. The molecule has 0 amide bonds. The molecule has 0 unspecified atom stereocenters. The second-order valence-corrected chi connectivity index (χ2v) is 5.33. The van der Waals surface area contributed by atoms with Gasteiger partial charge in [-0.2, -0.15) is 0 Å². The van der Waals surface area contributed by atoms with Crippen molar-refractivity contribution < 1.29 is 19.4 Å². The first kappa shape index (κ1) is 16.9. The van der Waals surface area contributed by atoms with Crippen LogP contribution in [0, 0.1) is 0 Å². The SMILES string of the molecule is CCOC(=O)[C@](CC)(Cc1ccc(O)cc1)Oc1ccccc1. The lowest BCUT2D eigenvalue weighted by molar-refractivity contribution is -0.162. The Bertz CT molecular complexity index is 622. The van der Waals surface area contributed by atoms with Crippen LogP contribution in [0.2, 0.25) is 0 Å². The highest BCUT2D eigenvalue weighted by molar-refractivity contribution is 5.80.